The summed E-state index contributed by atoms with van der Waals surface area (Å²) >= 11 is 0. The number of pyridine rings is 2. The van der Waals surface area contributed by atoms with Crippen LogP contribution in [0.25, 0.3) is 16.6 Å². The van der Waals surface area contributed by atoms with Gasteiger partial charge in [0.1, 0.15) is 24.0 Å². The summed E-state index contributed by atoms with van der Waals surface area (Å²) in [4.78, 5) is 37.8. The number of benzene rings is 3. The van der Waals surface area contributed by atoms with E-state index in [9.17, 15) is 9.59 Å². The Morgan fingerprint density at radius 3 is 2.05 bits per heavy atom. The zero-order chi connectivity index (χ0) is 44.5. The molecule has 326 valence electrons. The zero-order valence-electron chi connectivity index (χ0n) is 36.2. The van der Waals surface area contributed by atoms with Gasteiger partial charge in [-0.25, -0.2) is 14.6 Å². The molecule has 4 aromatic heterocycles. The number of morpholine rings is 1. The third-order valence-electron chi connectivity index (χ3n) is 10.4. The molecule has 1 aliphatic heterocycles. The van der Waals surface area contributed by atoms with E-state index in [2.05, 4.69) is 40.1 Å². The second kappa shape index (κ2) is 19.9. The van der Waals surface area contributed by atoms with E-state index in [0.717, 1.165) is 39.5 Å². The number of rotatable bonds is 14. The van der Waals surface area contributed by atoms with Gasteiger partial charge in [-0.05, 0) is 79.5 Å². The number of amides is 1. The number of hydrogen-bond acceptors (Lipinski definition) is 12. The highest BCUT2D eigenvalue weighted by Crippen LogP contribution is 2.29. The first-order valence-electron chi connectivity index (χ1n) is 20.7. The molecular formula is C47H53N9O6Si. The number of anilines is 2. The first-order chi connectivity index (χ1) is 30.4. The quantitative estimate of drug-likeness (QED) is 0.0312. The Bertz CT molecular complexity index is 2680. The van der Waals surface area contributed by atoms with Crippen molar-refractivity contribution in [3.8, 4) is 28.9 Å². The normalized spacial score (nSPS) is 12.7. The van der Waals surface area contributed by atoms with E-state index in [4.69, 9.17) is 30.5 Å². The van der Waals surface area contributed by atoms with Gasteiger partial charge in [0.05, 0.1) is 60.0 Å². The maximum absolute atomic E-state index is 14.2. The van der Waals surface area contributed by atoms with Crippen molar-refractivity contribution in [2.75, 3.05) is 44.1 Å². The maximum Gasteiger partial charge on any atom is 0.254 e. The molecule has 0 unspecified atom stereocenters. The average Bonchev–Trinajstić information content (AvgIpc) is 3.85. The fourth-order valence-corrected chi connectivity index (χ4v) is 7.59. The van der Waals surface area contributed by atoms with Crippen LogP contribution >= 0.6 is 0 Å². The van der Waals surface area contributed by atoms with E-state index < -0.39 is 8.07 Å². The SMILES string of the molecule is Cc1cc(Oc2ccccc2)ncc1-n1ncc(C(=O)c2cc3cc(C(=O)N4CCOCC4)ccc3n2COCC[Si](C)(C)C)c1N.Cc1cc(Oc2ccccc2)ncc1NN. The molecule has 8 rings (SSSR count). The molecule has 63 heavy (non-hydrogen) atoms. The Hall–Kier alpha value is -6.85. The van der Waals surface area contributed by atoms with Crippen LogP contribution in [0.1, 0.15) is 37.5 Å². The molecule has 1 fully saturated rings. The number of aromatic nitrogens is 5. The van der Waals surface area contributed by atoms with Crippen molar-refractivity contribution in [1.82, 2.24) is 29.2 Å². The number of ether oxygens (including phenoxy) is 4. The molecule has 0 aliphatic carbocycles. The minimum atomic E-state index is -1.32. The van der Waals surface area contributed by atoms with E-state index in [-0.39, 0.29) is 29.8 Å². The lowest BCUT2D eigenvalue weighted by molar-refractivity contribution is 0.0303. The number of ketones is 1. The molecule has 0 atom stereocenters. The van der Waals surface area contributed by atoms with Gasteiger partial charge in [0.15, 0.2) is 0 Å². The molecule has 0 spiro atoms. The number of hydrazine groups is 1. The summed E-state index contributed by atoms with van der Waals surface area (Å²) in [5, 5.41) is 5.24. The number of aryl methyl sites for hydroxylation is 2. The Labute approximate surface area is 367 Å². The molecular weight excluding hydrogens is 815 g/mol. The van der Waals surface area contributed by atoms with Gasteiger partial charge in [-0.2, -0.15) is 5.10 Å². The predicted molar refractivity (Wildman–Crippen MR) is 247 cm³/mol. The van der Waals surface area contributed by atoms with Crippen LogP contribution in [0.3, 0.4) is 0 Å². The second-order valence-corrected chi connectivity index (χ2v) is 21.9. The Morgan fingerprint density at radius 2 is 1.44 bits per heavy atom. The van der Waals surface area contributed by atoms with Gasteiger partial charge in [-0.15, -0.1) is 0 Å². The Morgan fingerprint density at radius 1 is 0.810 bits per heavy atom. The molecule has 7 aromatic rings. The largest absolute Gasteiger partial charge is 0.439 e. The van der Waals surface area contributed by atoms with Gasteiger partial charge in [0.25, 0.3) is 5.91 Å². The van der Waals surface area contributed by atoms with Gasteiger partial charge in [0, 0.05) is 50.9 Å². The number of nitrogens with zero attached hydrogens (tertiary/aromatic N) is 6. The van der Waals surface area contributed by atoms with Crippen LogP contribution in [0.5, 0.6) is 23.3 Å². The first-order valence-corrected chi connectivity index (χ1v) is 24.4. The number of nitrogens with one attached hydrogen (secondary N) is 1. The van der Waals surface area contributed by atoms with Gasteiger partial charge in [-0.3, -0.25) is 15.4 Å². The fraction of sp³-hybridized carbons (Fsp3) is 0.255. The minimum absolute atomic E-state index is 0.0584. The van der Waals surface area contributed by atoms with Crippen molar-refractivity contribution >= 4 is 42.2 Å². The lowest BCUT2D eigenvalue weighted by atomic mass is 10.1. The standard InChI is InChI=1S/C35H40N6O5Si.C12H13N3O/c1-24-18-32(46-27-8-6-5-7-9-27)37-22-31(24)41-34(36)28(21-38-41)33(42)30-20-26-19-25(35(43)39-12-14-44-15-13-39)10-11-29(26)40(30)23-45-16-17-47(2,3)4;1-9-7-12(14-8-11(9)15-13)16-10-5-3-2-4-6-10/h5-11,18-22H,12-17,23,36H2,1-4H3;2-8,15H,13H2,1H3. The molecule has 1 saturated heterocycles. The number of carbonyl (C=O) groups is 2. The Kier molecular flexibility index (Phi) is 14.0. The average molecular weight is 868 g/mol. The highest BCUT2D eigenvalue weighted by atomic mass is 28.3. The molecule has 0 saturated carbocycles. The number of para-hydroxylation sites is 2. The van der Waals surface area contributed by atoms with Crippen molar-refractivity contribution in [2.24, 2.45) is 5.84 Å². The summed E-state index contributed by atoms with van der Waals surface area (Å²) in [5.74, 6) is 7.59. The molecule has 0 radical (unpaired) electrons. The molecule has 0 bridgehead atoms. The predicted octanol–water partition coefficient (Wildman–Crippen LogP) is 8.39. The van der Waals surface area contributed by atoms with Crippen LogP contribution < -0.4 is 26.5 Å². The number of fused-ring (bicyclic) bond motifs is 1. The van der Waals surface area contributed by atoms with Crippen molar-refractivity contribution in [3.63, 3.8) is 0 Å². The van der Waals surface area contributed by atoms with Gasteiger partial charge >= 0.3 is 0 Å². The molecule has 3 aromatic carbocycles. The van der Waals surface area contributed by atoms with Crippen LogP contribution in [0.4, 0.5) is 11.5 Å². The minimum Gasteiger partial charge on any atom is -0.439 e. The number of hydrogen-bond donors (Lipinski definition) is 3. The lowest BCUT2D eigenvalue weighted by Gasteiger charge is -2.26. The number of nitrogens with two attached hydrogens (primary N) is 2. The summed E-state index contributed by atoms with van der Waals surface area (Å²) < 4.78 is 26.3. The third kappa shape index (κ3) is 11.0. The van der Waals surface area contributed by atoms with Gasteiger partial charge < -0.3 is 39.6 Å². The van der Waals surface area contributed by atoms with Gasteiger partial charge in [-0.1, -0.05) is 56.0 Å². The lowest BCUT2D eigenvalue weighted by Crippen LogP contribution is -2.40. The Balaban J connectivity index is 0.000000312. The second-order valence-electron chi connectivity index (χ2n) is 16.3. The van der Waals surface area contributed by atoms with E-state index in [0.29, 0.717) is 67.4 Å². The zero-order valence-corrected chi connectivity index (χ0v) is 37.2. The van der Waals surface area contributed by atoms with E-state index in [1.165, 1.54) is 10.9 Å². The summed E-state index contributed by atoms with van der Waals surface area (Å²) in [6, 6.07) is 30.9. The first kappa shape index (κ1) is 44.2. The maximum atomic E-state index is 14.2. The van der Waals surface area contributed by atoms with Crippen LogP contribution in [0, 0.1) is 13.8 Å². The highest BCUT2D eigenvalue weighted by molar-refractivity contribution is 6.76. The molecule has 15 nitrogen and oxygen atoms in total. The smallest absolute Gasteiger partial charge is 0.254 e. The molecule has 16 heteroatoms. The van der Waals surface area contributed by atoms with E-state index in [1.807, 2.05) is 97.3 Å². The summed E-state index contributed by atoms with van der Waals surface area (Å²) in [7, 11) is -1.32. The van der Waals surface area contributed by atoms with Crippen molar-refractivity contribution in [1.29, 1.82) is 0 Å². The number of carbonyl (C=O) groups excluding carboxylic acids is 2. The summed E-state index contributed by atoms with van der Waals surface area (Å²) in [6.07, 6.45) is 4.75. The summed E-state index contributed by atoms with van der Waals surface area (Å²) in [5.41, 5.74) is 14.4. The van der Waals surface area contributed by atoms with Crippen molar-refractivity contribution in [3.05, 3.63) is 144 Å². The van der Waals surface area contributed by atoms with Crippen LogP contribution in [0.2, 0.25) is 25.7 Å². The number of nitrogen functional groups attached to an aromatic ring is 2. The van der Waals surface area contributed by atoms with E-state index in [1.54, 1.807) is 35.5 Å². The monoisotopic (exact) mass is 867 g/mol. The van der Waals surface area contributed by atoms with Crippen LogP contribution in [-0.2, 0) is 16.2 Å². The highest BCUT2D eigenvalue weighted by Gasteiger charge is 2.25. The molecule has 5 N–H and O–H groups in total. The van der Waals surface area contributed by atoms with Gasteiger partial charge in [0.2, 0.25) is 17.5 Å². The van der Waals surface area contributed by atoms with Crippen molar-refractivity contribution in [2.45, 2.75) is 46.3 Å². The molecule has 5 heterocycles. The summed E-state index contributed by atoms with van der Waals surface area (Å²) in [6.45, 7) is 13.7. The molecule has 1 aliphatic rings. The van der Waals surface area contributed by atoms with E-state index >= 15 is 0 Å². The molecule has 1 amide bonds. The van der Waals surface area contributed by atoms with Crippen LogP contribution in [-0.4, -0.2) is 81.9 Å². The topological polar surface area (TPSA) is 187 Å². The third-order valence-corrected chi connectivity index (χ3v) is 12.1. The fourth-order valence-electron chi connectivity index (χ4n) is 6.83. The van der Waals surface area contributed by atoms with Crippen molar-refractivity contribution < 1.29 is 28.5 Å². The van der Waals surface area contributed by atoms with Crippen LogP contribution in [0.15, 0.2) is 116 Å².